The first-order valence-electron chi connectivity index (χ1n) is 3.54. The Morgan fingerprint density at radius 2 is 1.75 bits per heavy atom. The van der Waals surface area contributed by atoms with Crippen molar-refractivity contribution in [1.29, 1.82) is 0 Å². The number of benzene rings is 1. The van der Waals surface area contributed by atoms with E-state index in [2.05, 4.69) is 0 Å². The average molecular weight is 187 g/mol. The molecular weight excluding hydrogens is 178 g/mol. The molecule has 0 amide bonds. The summed E-state index contributed by atoms with van der Waals surface area (Å²) in [4.78, 5) is 0.173. The van der Waals surface area contributed by atoms with Crippen LogP contribution in [0.25, 0.3) is 0 Å². The van der Waals surface area contributed by atoms with E-state index < -0.39 is 15.7 Å². The summed E-state index contributed by atoms with van der Waals surface area (Å²) in [7, 11) is -3.18. The molecule has 66 valence electrons. The Kier molecular flexibility index (Phi) is 2.47. The lowest BCUT2D eigenvalue weighted by atomic mass is 10.3. The molecule has 0 saturated carbocycles. The van der Waals surface area contributed by atoms with E-state index in [-0.39, 0.29) is 10.6 Å². The second kappa shape index (κ2) is 3.23. The van der Waals surface area contributed by atoms with Gasteiger partial charge in [-0.3, -0.25) is 0 Å². The van der Waals surface area contributed by atoms with Crippen molar-refractivity contribution in [2.45, 2.75) is 11.8 Å². The first kappa shape index (κ1) is 9.19. The zero-order valence-corrected chi connectivity index (χ0v) is 7.44. The first-order valence-corrected chi connectivity index (χ1v) is 5.20. The van der Waals surface area contributed by atoms with Crippen molar-refractivity contribution in [3.63, 3.8) is 0 Å². The molecule has 4 heteroatoms. The standard InChI is InChI=1S/C8H9FO2S/c1-2-12(10,11)8-5-3-7(9)4-6-8/h3-6H,2H2,1H3/i2-1. The van der Waals surface area contributed by atoms with Crippen molar-refractivity contribution >= 4 is 9.84 Å². The Bertz CT molecular complexity index is 353. The van der Waals surface area contributed by atoms with Crippen LogP contribution >= 0.6 is 0 Å². The maximum absolute atomic E-state index is 12.4. The quantitative estimate of drug-likeness (QED) is 0.659. The highest BCUT2D eigenvalue weighted by Gasteiger charge is 2.10. The second-order valence-electron chi connectivity index (χ2n) is 2.36. The van der Waals surface area contributed by atoms with E-state index in [9.17, 15) is 12.8 Å². The minimum absolute atomic E-state index is 0.0403. The molecule has 0 saturated heterocycles. The Hall–Kier alpha value is -0.900. The normalized spacial score (nSPS) is 11.5. The molecule has 0 aromatic heterocycles. The highest BCUT2D eigenvalue weighted by atomic mass is 32.2. The SMILES string of the molecule is C[11CH2]S(=O)(=O)c1ccc(F)cc1. The van der Waals surface area contributed by atoms with Crippen molar-refractivity contribution in [3.05, 3.63) is 30.1 Å². The Balaban J connectivity index is 3.14. The molecule has 0 aliphatic carbocycles. The zero-order valence-electron chi connectivity index (χ0n) is 6.62. The van der Waals surface area contributed by atoms with E-state index >= 15 is 0 Å². The molecule has 1 rings (SSSR count). The maximum Gasteiger partial charge on any atom is 0.178 e. The van der Waals surface area contributed by atoms with E-state index in [1.165, 1.54) is 12.1 Å². The van der Waals surface area contributed by atoms with E-state index in [4.69, 9.17) is 0 Å². The van der Waals surface area contributed by atoms with Crippen LogP contribution in [0.2, 0.25) is 0 Å². The van der Waals surface area contributed by atoms with Gasteiger partial charge in [-0.1, -0.05) is 6.92 Å². The summed E-state index contributed by atoms with van der Waals surface area (Å²) >= 11 is 0. The molecule has 0 aliphatic rings. The molecule has 0 N–H and O–H groups in total. The van der Waals surface area contributed by atoms with Crippen LogP contribution in [0.5, 0.6) is 0 Å². The molecule has 1 aromatic carbocycles. The van der Waals surface area contributed by atoms with Crippen molar-refractivity contribution in [1.82, 2.24) is 0 Å². The predicted octanol–water partition coefficient (Wildman–Crippen LogP) is 1.62. The Morgan fingerprint density at radius 1 is 1.25 bits per heavy atom. The summed E-state index contributed by atoms with van der Waals surface area (Å²) in [6.45, 7) is 1.55. The van der Waals surface area contributed by atoms with Crippen LogP contribution in [0, 0.1) is 5.82 Å². The molecule has 0 unspecified atom stereocenters. The molecule has 0 fully saturated rings. The van der Waals surface area contributed by atoms with Gasteiger partial charge in [-0.05, 0) is 24.3 Å². The highest BCUT2D eigenvalue weighted by Crippen LogP contribution is 2.10. The highest BCUT2D eigenvalue weighted by molar-refractivity contribution is 7.91. The summed E-state index contributed by atoms with van der Waals surface area (Å²) < 4.78 is 34.8. The van der Waals surface area contributed by atoms with Crippen LogP contribution in [0.4, 0.5) is 4.39 Å². The number of hydrogen-bond acceptors (Lipinski definition) is 2. The van der Waals surface area contributed by atoms with E-state index in [0.717, 1.165) is 12.1 Å². The molecule has 0 radical (unpaired) electrons. The molecule has 0 heterocycles. The van der Waals surface area contributed by atoms with Gasteiger partial charge < -0.3 is 0 Å². The predicted molar refractivity (Wildman–Crippen MR) is 44.1 cm³/mol. The Labute approximate surface area is 71.0 Å². The lowest BCUT2D eigenvalue weighted by Crippen LogP contribution is -2.03. The van der Waals surface area contributed by atoms with Crippen molar-refractivity contribution in [2.24, 2.45) is 0 Å². The molecule has 0 spiro atoms. The largest absolute Gasteiger partial charge is 0.224 e. The summed E-state index contributed by atoms with van der Waals surface area (Å²) in [5.74, 6) is -0.386. The third-order valence-electron chi connectivity index (χ3n) is 1.55. The molecule has 0 atom stereocenters. The zero-order chi connectivity index (χ0) is 9.19. The fraction of sp³-hybridized carbons (Fsp3) is 0.250. The van der Waals surface area contributed by atoms with E-state index in [1.807, 2.05) is 0 Å². The van der Waals surface area contributed by atoms with Gasteiger partial charge in [0.05, 0.1) is 10.6 Å². The fourth-order valence-corrected chi connectivity index (χ4v) is 1.69. The maximum atomic E-state index is 12.4. The lowest BCUT2D eigenvalue weighted by molar-refractivity contribution is 0.596. The smallest absolute Gasteiger partial charge is 0.178 e. The molecule has 0 aliphatic heterocycles. The lowest BCUT2D eigenvalue weighted by Gasteiger charge is -1.99. The van der Waals surface area contributed by atoms with Crippen LogP contribution in [0.15, 0.2) is 29.2 Å². The van der Waals surface area contributed by atoms with Crippen LogP contribution < -0.4 is 0 Å². The molecule has 1 aromatic rings. The summed E-state index contributed by atoms with van der Waals surface area (Å²) in [6.07, 6.45) is 0. The van der Waals surface area contributed by atoms with Crippen LogP contribution in [0.1, 0.15) is 6.92 Å². The summed E-state index contributed by atoms with van der Waals surface area (Å²) in [5, 5.41) is 0. The molecule has 0 bridgehead atoms. The average Bonchev–Trinajstić information content (AvgIpc) is 2.05. The van der Waals surface area contributed by atoms with Crippen LogP contribution in [-0.4, -0.2) is 14.2 Å². The number of hydrogen-bond donors (Lipinski definition) is 0. The molecule has 2 nitrogen and oxygen atoms in total. The van der Waals surface area contributed by atoms with E-state index in [1.54, 1.807) is 6.92 Å². The van der Waals surface area contributed by atoms with Crippen molar-refractivity contribution in [3.8, 4) is 0 Å². The van der Waals surface area contributed by atoms with Gasteiger partial charge in [0.2, 0.25) is 0 Å². The Morgan fingerprint density at radius 3 is 2.17 bits per heavy atom. The van der Waals surface area contributed by atoms with Crippen molar-refractivity contribution in [2.75, 3.05) is 5.75 Å². The van der Waals surface area contributed by atoms with Gasteiger partial charge in [0, 0.05) is 0 Å². The van der Waals surface area contributed by atoms with Gasteiger partial charge in [-0.15, -0.1) is 0 Å². The van der Waals surface area contributed by atoms with Crippen LogP contribution in [0.3, 0.4) is 0 Å². The minimum Gasteiger partial charge on any atom is -0.224 e. The van der Waals surface area contributed by atoms with Gasteiger partial charge in [0.1, 0.15) is 5.82 Å². The van der Waals surface area contributed by atoms with E-state index in [0.29, 0.717) is 0 Å². The number of rotatable bonds is 2. The third kappa shape index (κ3) is 1.82. The summed E-state index contributed by atoms with van der Waals surface area (Å²) in [6, 6.07) is 4.83. The molecule has 12 heavy (non-hydrogen) atoms. The summed E-state index contributed by atoms with van der Waals surface area (Å²) in [5.41, 5.74) is 0. The first-order chi connectivity index (χ1) is 5.56. The van der Waals surface area contributed by atoms with Crippen LogP contribution in [-0.2, 0) is 9.84 Å². The monoisotopic (exact) mass is 187 g/mol. The second-order valence-corrected chi connectivity index (χ2v) is 4.64. The van der Waals surface area contributed by atoms with Gasteiger partial charge in [0.25, 0.3) is 0 Å². The number of sulfone groups is 1. The number of halogens is 1. The van der Waals surface area contributed by atoms with Gasteiger partial charge in [-0.25, -0.2) is 12.8 Å². The minimum atomic E-state index is -3.18. The third-order valence-corrected chi connectivity index (χ3v) is 3.30. The van der Waals surface area contributed by atoms with Crippen molar-refractivity contribution < 1.29 is 12.8 Å². The fourth-order valence-electron chi connectivity index (χ4n) is 0.809. The van der Waals surface area contributed by atoms with Gasteiger partial charge >= 0.3 is 0 Å². The van der Waals surface area contributed by atoms with Gasteiger partial charge in [0.15, 0.2) is 9.84 Å². The topological polar surface area (TPSA) is 34.1 Å². The van der Waals surface area contributed by atoms with Gasteiger partial charge in [-0.2, -0.15) is 0 Å². The molecular formula is C8H9FO2S.